The van der Waals surface area contributed by atoms with Gasteiger partial charge in [0.2, 0.25) is 11.8 Å². The van der Waals surface area contributed by atoms with E-state index in [0.717, 1.165) is 25.5 Å². The van der Waals surface area contributed by atoms with Gasteiger partial charge in [-0.1, -0.05) is 57.9 Å². The quantitative estimate of drug-likeness (QED) is 0.370. The summed E-state index contributed by atoms with van der Waals surface area (Å²) in [5.74, 6) is -0.801. The molecule has 37 heavy (non-hydrogen) atoms. The highest BCUT2D eigenvalue weighted by molar-refractivity contribution is 9.10. The van der Waals surface area contributed by atoms with Crippen LogP contribution in [0.15, 0.2) is 82.2 Å². The number of rotatable bonds is 10. The summed E-state index contributed by atoms with van der Waals surface area (Å²) in [5.41, 5.74) is 2.97. The Morgan fingerprint density at radius 1 is 0.946 bits per heavy atom. The SMILES string of the molecule is CCNC(=O)[C@@H](C)N(Cc1cccc(Br)c1)C(=O)CN(c1cccc(C)c1)S(=O)(=O)c1ccc(C)cc1. The zero-order valence-corrected chi connectivity index (χ0v) is 23.8. The molecule has 0 heterocycles. The average molecular weight is 587 g/mol. The minimum Gasteiger partial charge on any atom is -0.355 e. The maximum Gasteiger partial charge on any atom is 0.264 e. The summed E-state index contributed by atoms with van der Waals surface area (Å²) in [6.45, 7) is 7.28. The van der Waals surface area contributed by atoms with Crippen LogP contribution in [-0.2, 0) is 26.2 Å². The minimum atomic E-state index is -4.07. The third-order valence-electron chi connectivity index (χ3n) is 5.94. The van der Waals surface area contributed by atoms with Crippen molar-refractivity contribution in [1.29, 1.82) is 0 Å². The number of aryl methyl sites for hydroxylation is 2. The van der Waals surface area contributed by atoms with E-state index in [1.807, 2.05) is 44.2 Å². The van der Waals surface area contributed by atoms with Gasteiger partial charge in [-0.25, -0.2) is 8.42 Å². The number of carbonyl (C=O) groups excluding carboxylic acids is 2. The summed E-state index contributed by atoms with van der Waals surface area (Å²) >= 11 is 3.44. The van der Waals surface area contributed by atoms with Crippen molar-refractivity contribution >= 4 is 43.5 Å². The number of hydrogen-bond acceptors (Lipinski definition) is 4. The predicted molar refractivity (Wildman–Crippen MR) is 150 cm³/mol. The van der Waals surface area contributed by atoms with Gasteiger partial charge in [0.1, 0.15) is 12.6 Å². The molecule has 0 unspecified atom stereocenters. The molecule has 0 aromatic heterocycles. The third-order valence-corrected chi connectivity index (χ3v) is 8.22. The lowest BCUT2D eigenvalue weighted by atomic mass is 10.1. The summed E-state index contributed by atoms with van der Waals surface area (Å²) in [6, 6.07) is 20.2. The maximum absolute atomic E-state index is 13.8. The van der Waals surface area contributed by atoms with Crippen LogP contribution in [0.25, 0.3) is 0 Å². The molecule has 0 saturated heterocycles. The van der Waals surface area contributed by atoms with E-state index >= 15 is 0 Å². The van der Waals surface area contributed by atoms with Crippen molar-refractivity contribution in [1.82, 2.24) is 10.2 Å². The van der Waals surface area contributed by atoms with Crippen LogP contribution in [0.3, 0.4) is 0 Å². The Hall–Kier alpha value is -3.17. The second kappa shape index (κ2) is 12.4. The minimum absolute atomic E-state index is 0.0859. The van der Waals surface area contributed by atoms with Gasteiger partial charge >= 0.3 is 0 Å². The summed E-state index contributed by atoms with van der Waals surface area (Å²) in [7, 11) is -4.07. The first-order valence-corrected chi connectivity index (χ1v) is 14.2. The van der Waals surface area contributed by atoms with E-state index in [1.54, 1.807) is 44.2 Å². The molecule has 0 saturated carbocycles. The van der Waals surface area contributed by atoms with Gasteiger partial charge in [-0.05, 0) is 75.2 Å². The summed E-state index contributed by atoms with van der Waals surface area (Å²) in [5, 5.41) is 2.76. The van der Waals surface area contributed by atoms with Crippen LogP contribution >= 0.6 is 15.9 Å². The number of anilines is 1. The summed E-state index contributed by atoms with van der Waals surface area (Å²) in [4.78, 5) is 28.1. The Morgan fingerprint density at radius 2 is 1.62 bits per heavy atom. The Kier molecular flexibility index (Phi) is 9.50. The van der Waals surface area contributed by atoms with E-state index in [4.69, 9.17) is 0 Å². The zero-order chi connectivity index (χ0) is 27.2. The van der Waals surface area contributed by atoms with Crippen LogP contribution in [0.5, 0.6) is 0 Å². The van der Waals surface area contributed by atoms with Crippen molar-refractivity contribution in [2.24, 2.45) is 0 Å². The smallest absolute Gasteiger partial charge is 0.264 e. The zero-order valence-electron chi connectivity index (χ0n) is 21.4. The number of benzene rings is 3. The highest BCUT2D eigenvalue weighted by Crippen LogP contribution is 2.26. The number of sulfonamides is 1. The fourth-order valence-corrected chi connectivity index (χ4v) is 5.74. The number of nitrogens with one attached hydrogen (secondary N) is 1. The van der Waals surface area contributed by atoms with Crippen molar-refractivity contribution in [3.8, 4) is 0 Å². The molecule has 1 atom stereocenters. The van der Waals surface area contributed by atoms with Gasteiger partial charge < -0.3 is 10.2 Å². The van der Waals surface area contributed by atoms with Gasteiger partial charge in [-0.2, -0.15) is 0 Å². The van der Waals surface area contributed by atoms with Crippen LogP contribution in [0.4, 0.5) is 5.69 Å². The molecule has 3 aromatic rings. The molecule has 0 aliphatic heterocycles. The van der Waals surface area contributed by atoms with Crippen molar-refractivity contribution in [2.75, 3.05) is 17.4 Å². The molecule has 3 rings (SSSR count). The first-order valence-electron chi connectivity index (χ1n) is 12.0. The molecule has 3 aromatic carbocycles. The van der Waals surface area contributed by atoms with Gasteiger partial charge in [0.25, 0.3) is 10.0 Å². The molecular formula is C28H32BrN3O4S. The van der Waals surface area contributed by atoms with E-state index in [0.29, 0.717) is 12.2 Å². The average Bonchev–Trinajstić information content (AvgIpc) is 2.85. The van der Waals surface area contributed by atoms with E-state index < -0.39 is 28.5 Å². The van der Waals surface area contributed by atoms with E-state index in [2.05, 4.69) is 21.2 Å². The Balaban J connectivity index is 2.03. The van der Waals surface area contributed by atoms with E-state index in [9.17, 15) is 18.0 Å². The number of amides is 2. The topological polar surface area (TPSA) is 86.8 Å². The van der Waals surface area contributed by atoms with Gasteiger partial charge in [0.05, 0.1) is 10.6 Å². The van der Waals surface area contributed by atoms with E-state index in [1.165, 1.54) is 17.0 Å². The lowest BCUT2D eigenvalue weighted by Gasteiger charge is -2.32. The Morgan fingerprint density at radius 3 is 2.24 bits per heavy atom. The molecule has 0 fully saturated rings. The summed E-state index contributed by atoms with van der Waals surface area (Å²) in [6.07, 6.45) is 0. The van der Waals surface area contributed by atoms with Crippen LogP contribution in [0, 0.1) is 13.8 Å². The monoisotopic (exact) mass is 585 g/mol. The van der Waals surface area contributed by atoms with Gasteiger partial charge in [0.15, 0.2) is 0 Å². The summed E-state index contributed by atoms with van der Waals surface area (Å²) < 4.78 is 29.5. The lowest BCUT2D eigenvalue weighted by molar-refractivity contribution is -0.139. The Bertz CT molecular complexity index is 1360. The number of nitrogens with zero attached hydrogens (tertiary/aromatic N) is 2. The third kappa shape index (κ3) is 7.20. The highest BCUT2D eigenvalue weighted by atomic mass is 79.9. The van der Waals surface area contributed by atoms with Crippen LogP contribution in [-0.4, -0.2) is 44.3 Å². The molecule has 7 nitrogen and oxygen atoms in total. The second-order valence-corrected chi connectivity index (χ2v) is 11.7. The molecule has 2 amide bonds. The highest BCUT2D eigenvalue weighted by Gasteiger charge is 2.32. The first kappa shape index (κ1) is 28.4. The molecule has 0 spiro atoms. The van der Waals surface area contributed by atoms with Crippen LogP contribution in [0.2, 0.25) is 0 Å². The van der Waals surface area contributed by atoms with Crippen LogP contribution < -0.4 is 9.62 Å². The number of likely N-dealkylation sites (N-methyl/N-ethyl adjacent to an activating group) is 1. The molecule has 0 radical (unpaired) electrons. The molecular weight excluding hydrogens is 554 g/mol. The fourth-order valence-electron chi connectivity index (χ4n) is 3.89. The van der Waals surface area contributed by atoms with Crippen molar-refractivity contribution in [2.45, 2.75) is 45.2 Å². The van der Waals surface area contributed by atoms with Crippen molar-refractivity contribution < 1.29 is 18.0 Å². The molecule has 196 valence electrons. The number of hydrogen-bond donors (Lipinski definition) is 1. The first-order chi connectivity index (χ1) is 17.5. The van der Waals surface area contributed by atoms with Gasteiger partial charge in [0, 0.05) is 17.6 Å². The molecule has 0 aliphatic carbocycles. The molecule has 1 N–H and O–H groups in total. The van der Waals surface area contributed by atoms with Crippen molar-refractivity contribution in [3.63, 3.8) is 0 Å². The van der Waals surface area contributed by atoms with Crippen molar-refractivity contribution in [3.05, 3.63) is 94.0 Å². The lowest BCUT2D eigenvalue weighted by Crippen LogP contribution is -2.51. The Labute approximate surface area is 227 Å². The normalized spacial score (nSPS) is 12.0. The molecule has 9 heteroatoms. The number of halogens is 1. The maximum atomic E-state index is 13.8. The number of carbonyl (C=O) groups is 2. The second-order valence-electron chi connectivity index (χ2n) is 8.89. The molecule has 0 bridgehead atoms. The fraction of sp³-hybridized carbons (Fsp3) is 0.286. The standard InChI is InChI=1S/C28H32BrN3O4S/c1-5-30-28(34)22(4)31(18-23-9-7-10-24(29)17-23)27(33)19-32(25-11-6-8-21(3)16-25)37(35,36)26-14-12-20(2)13-15-26/h6-17,22H,5,18-19H2,1-4H3,(H,30,34)/t22-/m1/s1. The van der Waals surface area contributed by atoms with Gasteiger partial charge in [-0.3, -0.25) is 13.9 Å². The van der Waals surface area contributed by atoms with Gasteiger partial charge in [-0.15, -0.1) is 0 Å². The predicted octanol–water partition coefficient (Wildman–Crippen LogP) is 4.81. The van der Waals surface area contributed by atoms with Crippen LogP contribution in [0.1, 0.15) is 30.5 Å². The largest absolute Gasteiger partial charge is 0.355 e. The molecule has 0 aliphatic rings. The van der Waals surface area contributed by atoms with E-state index in [-0.39, 0.29) is 17.3 Å².